The predicted molar refractivity (Wildman–Crippen MR) is 87.8 cm³/mol. The van der Waals surface area contributed by atoms with Crippen molar-refractivity contribution in [3.63, 3.8) is 0 Å². The summed E-state index contributed by atoms with van der Waals surface area (Å²) < 4.78 is 0. The van der Waals surface area contributed by atoms with Crippen LogP contribution < -0.4 is 10.6 Å². The van der Waals surface area contributed by atoms with Gasteiger partial charge in [0.05, 0.1) is 12.6 Å². The Kier molecular flexibility index (Phi) is 5.18. The number of aliphatic hydroxyl groups is 1. The van der Waals surface area contributed by atoms with E-state index < -0.39 is 6.19 Å². The maximum absolute atomic E-state index is 9.10. The third-order valence-electron chi connectivity index (χ3n) is 2.85. The predicted octanol–water partition coefficient (Wildman–Crippen LogP) is 2.86. The van der Waals surface area contributed by atoms with E-state index >= 15 is 0 Å². The van der Waals surface area contributed by atoms with Crippen molar-refractivity contribution in [3.05, 3.63) is 60.7 Å². The summed E-state index contributed by atoms with van der Waals surface area (Å²) in [4.78, 5) is 4.46. The molecule has 2 aromatic rings. The zero-order valence-electron chi connectivity index (χ0n) is 11.3. The van der Waals surface area contributed by atoms with Gasteiger partial charge in [-0.1, -0.05) is 72.5 Å². The summed E-state index contributed by atoms with van der Waals surface area (Å²) in [6, 6.07) is 19.5. The maximum atomic E-state index is 9.10. The van der Waals surface area contributed by atoms with Crippen LogP contribution in [0.25, 0.3) is 0 Å². The average Bonchev–Trinajstić information content (AvgIpc) is 2.54. The van der Waals surface area contributed by atoms with Crippen molar-refractivity contribution in [2.24, 2.45) is 10.00 Å². The zero-order chi connectivity index (χ0) is 14.4. The first-order chi connectivity index (χ1) is 9.66. The SMILES string of the molecule is CC(CO)N=NP(=S)(c1ccccc1)c1ccccc1. The summed E-state index contributed by atoms with van der Waals surface area (Å²) in [6.45, 7) is 1.79. The smallest absolute Gasteiger partial charge is 0.135 e. The van der Waals surface area contributed by atoms with Gasteiger partial charge in [-0.25, -0.2) is 0 Å². The van der Waals surface area contributed by atoms with E-state index in [1.54, 1.807) is 0 Å². The second kappa shape index (κ2) is 6.89. The highest BCUT2D eigenvalue weighted by atomic mass is 32.4. The first kappa shape index (κ1) is 15.0. The van der Waals surface area contributed by atoms with Crippen molar-refractivity contribution in [2.45, 2.75) is 13.0 Å². The van der Waals surface area contributed by atoms with Gasteiger partial charge in [-0.15, -0.1) is 0 Å². The van der Waals surface area contributed by atoms with E-state index in [1.165, 1.54) is 0 Å². The minimum absolute atomic E-state index is 0.0254. The summed E-state index contributed by atoms with van der Waals surface area (Å²) in [5.41, 5.74) is 0. The van der Waals surface area contributed by atoms with Gasteiger partial charge in [0.2, 0.25) is 0 Å². The van der Waals surface area contributed by atoms with Crippen molar-refractivity contribution >= 4 is 28.6 Å². The molecular weight excluding hydrogens is 287 g/mol. The molecule has 0 aromatic heterocycles. The summed E-state index contributed by atoms with van der Waals surface area (Å²) in [5.74, 6) is 0. The highest BCUT2D eigenvalue weighted by Crippen LogP contribution is 2.45. The molecule has 1 atom stereocenters. The van der Waals surface area contributed by atoms with Gasteiger partial charge in [0.25, 0.3) is 0 Å². The largest absolute Gasteiger partial charge is 0.394 e. The fourth-order valence-corrected chi connectivity index (χ4v) is 4.55. The van der Waals surface area contributed by atoms with Crippen molar-refractivity contribution in [3.8, 4) is 0 Å². The quantitative estimate of drug-likeness (QED) is 0.682. The van der Waals surface area contributed by atoms with Crippen LogP contribution in [-0.2, 0) is 11.8 Å². The fraction of sp³-hybridized carbons (Fsp3) is 0.200. The first-order valence-corrected chi connectivity index (χ1v) is 9.17. The molecule has 5 heteroatoms. The van der Waals surface area contributed by atoms with E-state index in [0.29, 0.717) is 0 Å². The van der Waals surface area contributed by atoms with Gasteiger partial charge in [-0.2, -0.15) is 10.00 Å². The number of benzene rings is 2. The molecule has 1 unspecified atom stereocenters. The molecule has 0 amide bonds. The Morgan fingerprint density at radius 1 is 1.00 bits per heavy atom. The van der Waals surface area contributed by atoms with Crippen LogP contribution in [-0.4, -0.2) is 17.8 Å². The molecule has 0 fully saturated rings. The zero-order valence-corrected chi connectivity index (χ0v) is 13.0. The van der Waals surface area contributed by atoms with Crippen LogP contribution in [0.15, 0.2) is 70.7 Å². The van der Waals surface area contributed by atoms with Crippen LogP contribution in [0.3, 0.4) is 0 Å². The molecule has 20 heavy (non-hydrogen) atoms. The lowest BCUT2D eigenvalue weighted by Crippen LogP contribution is -2.14. The molecule has 0 aliphatic rings. The third kappa shape index (κ3) is 3.40. The maximum Gasteiger partial charge on any atom is 0.135 e. The molecule has 104 valence electrons. The van der Waals surface area contributed by atoms with Gasteiger partial charge in [0.15, 0.2) is 0 Å². The normalized spacial score (nSPS) is 13.5. The van der Waals surface area contributed by atoms with Crippen molar-refractivity contribution in [1.82, 2.24) is 0 Å². The number of aliphatic hydroxyl groups excluding tert-OH is 1. The lowest BCUT2D eigenvalue weighted by Gasteiger charge is -2.17. The molecule has 0 bridgehead atoms. The summed E-state index contributed by atoms with van der Waals surface area (Å²) in [7, 11) is 0. The van der Waals surface area contributed by atoms with Crippen LogP contribution in [0.1, 0.15) is 6.92 Å². The lowest BCUT2D eigenvalue weighted by molar-refractivity contribution is 0.272. The summed E-state index contributed by atoms with van der Waals surface area (Å²) in [6.07, 6.45) is -2.31. The topological polar surface area (TPSA) is 45.0 Å². The van der Waals surface area contributed by atoms with Gasteiger partial charge in [-0.3, -0.25) is 0 Å². The standard InChI is InChI=1S/C15H17N2OPS/c1-13(12-18)16-17-19(20,14-8-4-2-5-9-14)15-10-6-3-7-11-15/h2-11,13,18H,12H2,1H3. The molecule has 2 aromatic carbocycles. The van der Waals surface area contributed by atoms with Crippen LogP contribution in [0, 0.1) is 0 Å². The molecule has 0 heterocycles. The average molecular weight is 304 g/mol. The van der Waals surface area contributed by atoms with Crippen molar-refractivity contribution in [1.29, 1.82) is 0 Å². The minimum Gasteiger partial charge on any atom is -0.394 e. The Morgan fingerprint density at radius 2 is 1.45 bits per heavy atom. The van der Waals surface area contributed by atoms with E-state index in [2.05, 4.69) is 10.00 Å². The molecule has 0 radical (unpaired) electrons. The highest BCUT2D eigenvalue weighted by molar-refractivity contribution is 8.21. The number of hydrogen-bond donors (Lipinski definition) is 1. The Balaban J connectivity index is 2.50. The van der Waals surface area contributed by atoms with E-state index in [-0.39, 0.29) is 12.6 Å². The van der Waals surface area contributed by atoms with Crippen LogP contribution in [0.4, 0.5) is 0 Å². The second-order valence-corrected chi connectivity index (χ2v) is 8.43. The van der Waals surface area contributed by atoms with E-state index in [1.807, 2.05) is 67.6 Å². The number of hydrogen-bond acceptors (Lipinski definition) is 3. The molecule has 0 aliphatic heterocycles. The fourth-order valence-electron chi connectivity index (χ4n) is 1.71. The lowest BCUT2D eigenvalue weighted by atomic mass is 10.4. The van der Waals surface area contributed by atoms with Gasteiger partial charge < -0.3 is 5.11 Å². The molecular formula is C15H17N2OPS. The van der Waals surface area contributed by atoms with E-state index in [0.717, 1.165) is 10.6 Å². The Bertz CT molecular complexity index is 573. The van der Waals surface area contributed by atoms with E-state index in [4.69, 9.17) is 16.9 Å². The summed E-state index contributed by atoms with van der Waals surface area (Å²) in [5, 5.41) is 15.3. The minimum atomic E-state index is -2.31. The molecule has 0 saturated carbocycles. The number of rotatable bonds is 5. The first-order valence-electron chi connectivity index (χ1n) is 6.41. The Hall–Kier alpha value is -1.35. The van der Waals surface area contributed by atoms with Gasteiger partial charge in [0.1, 0.15) is 6.19 Å². The molecule has 2 rings (SSSR count). The third-order valence-corrected chi connectivity index (χ3v) is 6.69. The van der Waals surface area contributed by atoms with Crippen LogP contribution >= 0.6 is 6.19 Å². The molecule has 1 N–H and O–H groups in total. The van der Waals surface area contributed by atoms with Crippen LogP contribution in [0.5, 0.6) is 0 Å². The van der Waals surface area contributed by atoms with Crippen molar-refractivity contribution in [2.75, 3.05) is 6.61 Å². The van der Waals surface area contributed by atoms with E-state index in [9.17, 15) is 0 Å². The molecule has 3 nitrogen and oxygen atoms in total. The second-order valence-electron chi connectivity index (χ2n) is 4.48. The molecule has 0 aliphatic carbocycles. The monoisotopic (exact) mass is 304 g/mol. The Labute approximate surface area is 124 Å². The summed E-state index contributed by atoms with van der Waals surface area (Å²) >= 11 is 5.87. The van der Waals surface area contributed by atoms with Crippen molar-refractivity contribution < 1.29 is 5.11 Å². The molecule has 0 spiro atoms. The highest BCUT2D eigenvalue weighted by Gasteiger charge is 2.21. The van der Waals surface area contributed by atoms with Gasteiger partial charge in [0, 0.05) is 10.6 Å². The van der Waals surface area contributed by atoms with Gasteiger partial charge in [-0.05, 0) is 6.92 Å². The van der Waals surface area contributed by atoms with Gasteiger partial charge >= 0.3 is 0 Å². The molecule has 0 saturated heterocycles. The number of nitrogens with zero attached hydrogens (tertiary/aromatic N) is 2. The van der Waals surface area contributed by atoms with Crippen LogP contribution in [0.2, 0.25) is 0 Å². The Morgan fingerprint density at radius 3 is 1.85 bits per heavy atom.